The van der Waals surface area contributed by atoms with E-state index in [0.29, 0.717) is 36.8 Å². The molecule has 1 aliphatic heterocycles. The van der Waals surface area contributed by atoms with Gasteiger partial charge in [0.05, 0.1) is 6.61 Å². The van der Waals surface area contributed by atoms with Gasteiger partial charge in [-0.2, -0.15) is 0 Å². The Morgan fingerprint density at radius 3 is 2.07 bits per heavy atom. The molecule has 0 bridgehead atoms. The van der Waals surface area contributed by atoms with Gasteiger partial charge in [-0.3, -0.25) is 9.59 Å². The lowest BCUT2D eigenvalue weighted by Crippen LogP contribution is -2.50. The predicted molar refractivity (Wildman–Crippen MR) is 108 cm³/mol. The lowest BCUT2D eigenvalue weighted by atomic mass is 10.1. The maximum Gasteiger partial charge on any atom is 0.260 e. The second-order valence-electron chi connectivity index (χ2n) is 6.64. The number of nitrogens with zero attached hydrogens (tertiary/aromatic N) is 2. The van der Waals surface area contributed by atoms with Gasteiger partial charge in [0.1, 0.15) is 0 Å². The van der Waals surface area contributed by atoms with Crippen molar-refractivity contribution in [3.05, 3.63) is 54.1 Å². The number of ether oxygens (including phenoxy) is 2. The number of ketones is 1. The van der Waals surface area contributed by atoms with Gasteiger partial charge in [0.2, 0.25) is 0 Å². The van der Waals surface area contributed by atoms with Crippen molar-refractivity contribution in [2.45, 2.75) is 13.8 Å². The molecule has 0 atom stereocenters. The van der Waals surface area contributed by atoms with Crippen LogP contribution in [0.4, 0.5) is 5.69 Å². The van der Waals surface area contributed by atoms with Crippen LogP contribution in [0.2, 0.25) is 0 Å². The molecule has 6 nitrogen and oxygen atoms in total. The maximum atomic E-state index is 12.5. The molecule has 28 heavy (non-hydrogen) atoms. The highest BCUT2D eigenvalue weighted by Crippen LogP contribution is 2.26. The monoisotopic (exact) mass is 382 g/mol. The molecule has 1 saturated heterocycles. The number of hydrogen-bond acceptors (Lipinski definition) is 5. The van der Waals surface area contributed by atoms with Crippen molar-refractivity contribution in [1.82, 2.24) is 4.90 Å². The number of anilines is 1. The Morgan fingerprint density at radius 1 is 0.893 bits per heavy atom. The van der Waals surface area contributed by atoms with Gasteiger partial charge in [-0.05, 0) is 50.2 Å². The van der Waals surface area contributed by atoms with Gasteiger partial charge >= 0.3 is 0 Å². The number of para-hydroxylation sites is 2. The molecule has 0 unspecified atom stereocenters. The Labute approximate surface area is 165 Å². The molecule has 0 radical (unpaired) electrons. The number of Topliss-reactive ketones (excluding diaryl/α,β-unsaturated/α-hetero) is 1. The van der Waals surface area contributed by atoms with E-state index >= 15 is 0 Å². The SMILES string of the molecule is CCOc1ccccc1OCC(=O)N1CCN(c2ccc(C(C)=O)cc2)CC1. The Morgan fingerprint density at radius 2 is 1.50 bits per heavy atom. The molecule has 1 aliphatic rings. The fourth-order valence-electron chi connectivity index (χ4n) is 3.20. The van der Waals surface area contributed by atoms with E-state index in [1.54, 1.807) is 13.0 Å². The second kappa shape index (κ2) is 9.26. The van der Waals surface area contributed by atoms with Gasteiger partial charge in [-0.25, -0.2) is 0 Å². The van der Waals surface area contributed by atoms with E-state index in [-0.39, 0.29) is 18.3 Å². The first-order valence-corrected chi connectivity index (χ1v) is 9.57. The number of benzene rings is 2. The lowest BCUT2D eigenvalue weighted by molar-refractivity contribution is -0.133. The van der Waals surface area contributed by atoms with E-state index in [1.165, 1.54) is 0 Å². The summed E-state index contributed by atoms with van der Waals surface area (Å²) < 4.78 is 11.2. The van der Waals surface area contributed by atoms with Gasteiger partial charge in [-0.15, -0.1) is 0 Å². The van der Waals surface area contributed by atoms with Crippen LogP contribution in [0.3, 0.4) is 0 Å². The molecule has 0 N–H and O–H groups in total. The summed E-state index contributed by atoms with van der Waals surface area (Å²) in [4.78, 5) is 27.9. The molecule has 0 aliphatic carbocycles. The molecule has 3 rings (SSSR count). The Kier molecular flexibility index (Phi) is 6.53. The summed E-state index contributed by atoms with van der Waals surface area (Å²) in [5.41, 5.74) is 1.78. The van der Waals surface area contributed by atoms with Crippen LogP contribution in [-0.4, -0.2) is 56.0 Å². The molecular weight excluding hydrogens is 356 g/mol. The highest BCUT2D eigenvalue weighted by Gasteiger charge is 2.22. The number of rotatable bonds is 7. The Hall–Kier alpha value is -3.02. The van der Waals surface area contributed by atoms with Crippen molar-refractivity contribution >= 4 is 17.4 Å². The van der Waals surface area contributed by atoms with Gasteiger partial charge in [-0.1, -0.05) is 12.1 Å². The number of piperazine rings is 1. The van der Waals surface area contributed by atoms with Crippen LogP contribution in [0.5, 0.6) is 11.5 Å². The minimum absolute atomic E-state index is 0.00258. The van der Waals surface area contributed by atoms with Crippen molar-refractivity contribution in [3.8, 4) is 11.5 Å². The smallest absolute Gasteiger partial charge is 0.260 e. The molecule has 6 heteroatoms. The fraction of sp³-hybridized carbons (Fsp3) is 0.364. The van der Waals surface area contributed by atoms with Crippen LogP contribution < -0.4 is 14.4 Å². The summed E-state index contributed by atoms with van der Waals surface area (Å²) in [7, 11) is 0. The summed E-state index contributed by atoms with van der Waals surface area (Å²) in [5, 5.41) is 0. The summed E-state index contributed by atoms with van der Waals surface area (Å²) in [6.45, 7) is 6.80. The third-order valence-corrected chi connectivity index (χ3v) is 4.77. The van der Waals surface area contributed by atoms with Crippen molar-refractivity contribution in [3.63, 3.8) is 0 Å². The predicted octanol–water partition coefficient (Wildman–Crippen LogP) is 3.02. The number of hydrogen-bond donors (Lipinski definition) is 0. The molecule has 2 aromatic rings. The lowest BCUT2D eigenvalue weighted by Gasteiger charge is -2.36. The van der Waals surface area contributed by atoms with Crippen LogP contribution >= 0.6 is 0 Å². The topological polar surface area (TPSA) is 59.1 Å². The summed E-state index contributed by atoms with van der Waals surface area (Å²) in [6, 6.07) is 15.0. The zero-order valence-electron chi connectivity index (χ0n) is 16.4. The molecule has 0 spiro atoms. The summed E-state index contributed by atoms with van der Waals surface area (Å²) in [5.74, 6) is 1.27. The normalized spacial score (nSPS) is 13.9. The quantitative estimate of drug-likeness (QED) is 0.689. The fourth-order valence-corrected chi connectivity index (χ4v) is 3.20. The van der Waals surface area contributed by atoms with Gasteiger partial charge in [0, 0.05) is 37.4 Å². The van der Waals surface area contributed by atoms with E-state index in [4.69, 9.17) is 9.47 Å². The molecule has 1 fully saturated rings. The highest BCUT2D eigenvalue weighted by molar-refractivity contribution is 5.94. The van der Waals surface area contributed by atoms with E-state index in [1.807, 2.05) is 54.3 Å². The third kappa shape index (κ3) is 4.82. The largest absolute Gasteiger partial charge is 0.490 e. The maximum absolute atomic E-state index is 12.5. The summed E-state index contributed by atoms with van der Waals surface area (Å²) >= 11 is 0. The Bertz CT molecular complexity index is 812. The standard InChI is InChI=1S/C22H26N2O4/c1-3-27-20-6-4-5-7-21(20)28-16-22(26)24-14-12-23(13-15-24)19-10-8-18(9-11-19)17(2)25/h4-11H,3,12-16H2,1-2H3. The first-order chi connectivity index (χ1) is 13.6. The van der Waals surface area contributed by atoms with E-state index in [9.17, 15) is 9.59 Å². The van der Waals surface area contributed by atoms with E-state index in [2.05, 4.69) is 4.90 Å². The minimum atomic E-state index is -0.0297. The van der Waals surface area contributed by atoms with Crippen LogP contribution in [0.15, 0.2) is 48.5 Å². The summed E-state index contributed by atoms with van der Waals surface area (Å²) in [6.07, 6.45) is 0. The van der Waals surface area contributed by atoms with Crippen molar-refractivity contribution < 1.29 is 19.1 Å². The van der Waals surface area contributed by atoms with Gasteiger partial charge in [0.25, 0.3) is 5.91 Å². The molecular formula is C22H26N2O4. The Balaban J connectivity index is 1.50. The molecule has 148 valence electrons. The third-order valence-electron chi connectivity index (χ3n) is 4.77. The van der Waals surface area contributed by atoms with Crippen LogP contribution in [0.25, 0.3) is 0 Å². The van der Waals surface area contributed by atoms with Crippen LogP contribution in [-0.2, 0) is 4.79 Å². The molecule has 0 aromatic heterocycles. The molecule has 1 heterocycles. The molecule has 2 aromatic carbocycles. The highest BCUT2D eigenvalue weighted by atomic mass is 16.5. The van der Waals surface area contributed by atoms with Crippen molar-refractivity contribution in [1.29, 1.82) is 0 Å². The second-order valence-corrected chi connectivity index (χ2v) is 6.64. The number of amides is 1. The first-order valence-electron chi connectivity index (χ1n) is 9.57. The average Bonchev–Trinajstić information content (AvgIpc) is 2.73. The minimum Gasteiger partial charge on any atom is -0.490 e. The number of carbonyl (C=O) groups excluding carboxylic acids is 2. The zero-order chi connectivity index (χ0) is 19.9. The zero-order valence-corrected chi connectivity index (χ0v) is 16.4. The number of carbonyl (C=O) groups is 2. The van der Waals surface area contributed by atoms with E-state index in [0.717, 1.165) is 18.8 Å². The van der Waals surface area contributed by atoms with Crippen LogP contribution in [0.1, 0.15) is 24.2 Å². The first kappa shape index (κ1) is 19.7. The molecule has 0 saturated carbocycles. The van der Waals surface area contributed by atoms with E-state index < -0.39 is 0 Å². The molecule has 1 amide bonds. The van der Waals surface area contributed by atoms with Crippen molar-refractivity contribution in [2.24, 2.45) is 0 Å². The van der Waals surface area contributed by atoms with Gasteiger partial charge in [0.15, 0.2) is 23.9 Å². The van der Waals surface area contributed by atoms with Crippen LogP contribution in [0, 0.1) is 0 Å². The van der Waals surface area contributed by atoms with Gasteiger partial charge < -0.3 is 19.3 Å². The van der Waals surface area contributed by atoms with Crippen molar-refractivity contribution in [2.75, 3.05) is 44.3 Å². The average molecular weight is 382 g/mol.